The van der Waals surface area contributed by atoms with E-state index in [1.807, 2.05) is 12.1 Å². The van der Waals surface area contributed by atoms with Crippen molar-refractivity contribution in [3.63, 3.8) is 0 Å². The van der Waals surface area contributed by atoms with Gasteiger partial charge in [-0.1, -0.05) is 6.07 Å². The summed E-state index contributed by atoms with van der Waals surface area (Å²) in [5.74, 6) is 0. The standard InChI is InChI=1S/C18H11N3O3/c22-9-12-8-21-18(15(11-24)14(12)10-23)17-13(4-3-7-20-17)16-5-1-2-6-19-16/h1-11H. The quantitative estimate of drug-likeness (QED) is 0.672. The fourth-order valence-electron chi connectivity index (χ4n) is 2.41. The Labute approximate surface area is 137 Å². The second-order valence-electron chi connectivity index (χ2n) is 4.86. The Hall–Kier alpha value is -3.54. The molecule has 0 spiro atoms. The Morgan fingerprint density at radius 3 is 2.17 bits per heavy atom. The highest BCUT2D eigenvalue weighted by molar-refractivity contribution is 6.02. The molecule has 0 N–H and O–H groups in total. The minimum atomic E-state index is 0.00243. The number of carbonyl (C=O) groups excluding carboxylic acids is 3. The predicted molar refractivity (Wildman–Crippen MR) is 86.9 cm³/mol. The van der Waals surface area contributed by atoms with E-state index < -0.39 is 0 Å². The van der Waals surface area contributed by atoms with Crippen LogP contribution in [0.15, 0.2) is 48.9 Å². The summed E-state index contributed by atoms with van der Waals surface area (Å²) in [6.07, 6.45) is 5.94. The third-order valence-corrected chi connectivity index (χ3v) is 3.52. The van der Waals surface area contributed by atoms with Gasteiger partial charge in [0.05, 0.1) is 17.0 Å². The molecule has 3 heterocycles. The molecule has 0 fully saturated rings. The molecule has 3 aromatic rings. The van der Waals surface area contributed by atoms with Gasteiger partial charge in [-0.25, -0.2) is 0 Å². The van der Waals surface area contributed by atoms with Crippen LogP contribution in [0.25, 0.3) is 22.6 Å². The van der Waals surface area contributed by atoms with Gasteiger partial charge >= 0.3 is 0 Å². The van der Waals surface area contributed by atoms with Gasteiger partial charge in [-0.2, -0.15) is 0 Å². The molecule has 116 valence electrons. The summed E-state index contributed by atoms with van der Waals surface area (Å²) in [5.41, 5.74) is 2.08. The maximum atomic E-state index is 11.5. The van der Waals surface area contributed by atoms with E-state index in [2.05, 4.69) is 15.0 Å². The number of nitrogens with zero attached hydrogens (tertiary/aromatic N) is 3. The summed E-state index contributed by atoms with van der Waals surface area (Å²) < 4.78 is 0. The molecule has 0 amide bonds. The van der Waals surface area contributed by atoms with Crippen LogP contribution in [0.4, 0.5) is 0 Å². The lowest BCUT2D eigenvalue weighted by Crippen LogP contribution is -2.05. The normalized spacial score (nSPS) is 10.2. The first-order valence-electron chi connectivity index (χ1n) is 7.05. The Kier molecular flexibility index (Phi) is 4.29. The van der Waals surface area contributed by atoms with Gasteiger partial charge in [0.15, 0.2) is 18.9 Å². The van der Waals surface area contributed by atoms with E-state index in [4.69, 9.17) is 0 Å². The van der Waals surface area contributed by atoms with Crippen LogP contribution in [0.5, 0.6) is 0 Å². The summed E-state index contributed by atoms with van der Waals surface area (Å²) in [6, 6.07) is 8.97. The smallest absolute Gasteiger partial charge is 0.153 e. The van der Waals surface area contributed by atoms with Crippen molar-refractivity contribution in [2.24, 2.45) is 0 Å². The lowest BCUT2D eigenvalue weighted by molar-refractivity contribution is 0.108. The summed E-state index contributed by atoms with van der Waals surface area (Å²) in [6.45, 7) is 0. The Bertz CT molecular complexity index is 924. The molecule has 6 nitrogen and oxygen atoms in total. The van der Waals surface area contributed by atoms with Crippen LogP contribution >= 0.6 is 0 Å². The van der Waals surface area contributed by atoms with Crippen molar-refractivity contribution in [2.45, 2.75) is 0 Å². The molecule has 0 aromatic carbocycles. The molecule has 0 radical (unpaired) electrons. The van der Waals surface area contributed by atoms with Crippen LogP contribution in [0.2, 0.25) is 0 Å². The van der Waals surface area contributed by atoms with E-state index in [9.17, 15) is 14.4 Å². The maximum absolute atomic E-state index is 11.5. The fourth-order valence-corrected chi connectivity index (χ4v) is 2.41. The average Bonchev–Trinajstić information content (AvgIpc) is 2.67. The lowest BCUT2D eigenvalue weighted by atomic mass is 9.98. The molecule has 3 rings (SSSR count). The molecule has 0 aliphatic heterocycles. The van der Waals surface area contributed by atoms with Gasteiger partial charge < -0.3 is 0 Å². The molecule has 0 atom stereocenters. The summed E-state index contributed by atoms with van der Waals surface area (Å²) in [5, 5.41) is 0. The van der Waals surface area contributed by atoms with Gasteiger partial charge in [0.1, 0.15) is 5.69 Å². The third kappa shape index (κ3) is 2.61. The first-order valence-corrected chi connectivity index (χ1v) is 7.05. The molecule has 0 saturated carbocycles. The van der Waals surface area contributed by atoms with E-state index in [-0.39, 0.29) is 22.4 Å². The van der Waals surface area contributed by atoms with Crippen molar-refractivity contribution in [3.8, 4) is 22.6 Å². The Morgan fingerprint density at radius 1 is 0.708 bits per heavy atom. The molecule has 3 aromatic heterocycles. The third-order valence-electron chi connectivity index (χ3n) is 3.52. The number of aldehydes is 3. The molecular weight excluding hydrogens is 306 g/mol. The van der Waals surface area contributed by atoms with Gasteiger partial charge in [0, 0.05) is 35.3 Å². The largest absolute Gasteiger partial charge is 0.298 e. The highest BCUT2D eigenvalue weighted by Crippen LogP contribution is 2.30. The molecule has 0 aliphatic rings. The van der Waals surface area contributed by atoms with E-state index in [0.29, 0.717) is 35.8 Å². The van der Waals surface area contributed by atoms with Crippen molar-refractivity contribution in [3.05, 3.63) is 65.6 Å². The molecule has 24 heavy (non-hydrogen) atoms. The number of carbonyl (C=O) groups is 3. The number of aromatic nitrogens is 3. The van der Waals surface area contributed by atoms with E-state index in [1.165, 1.54) is 6.20 Å². The minimum Gasteiger partial charge on any atom is -0.298 e. The van der Waals surface area contributed by atoms with Gasteiger partial charge in [-0.15, -0.1) is 0 Å². The zero-order chi connectivity index (χ0) is 16.9. The second kappa shape index (κ2) is 6.70. The van der Waals surface area contributed by atoms with Crippen LogP contribution in [-0.4, -0.2) is 33.8 Å². The number of hydrogen-bond acceptors (Lipinski definition) is 6. The van der Waals surface area contributed by atoms with Crippen LogP contribution in [0.3, 0.4) is 0 Å². The summed E-state index contributed by atoms with van der Waals surface area (Å²) in [4.78, 5) is 46.7. The van der Waals surface area contributed by atoms with Gasteiger partial charge in [-0.05, 0) is 24.3 Å². The van der Waals surface area contributed by atoms with Gasteiger partial charge in [0.2, 0.25) is 0 Å². The number of rotatable bonds is 5. The number of pyridine rings is 3. The van der Waals surface area contributed by atoms with E-state index in [1.54, 1.807) is 30.6 Å². The number of hydrogen-bond donors (Lipinski definition) is 0. The van der Waals surface area contributed by atoms with Gasteiger partial charge in [-0.3, -0.25) is 29.3 Å². The maximum Gasteiger partial charge on any atom is 0.153 e. The minimum absolute atomic E-state index is 0.00243. The zero-order valence-corrected chi connectivity index (χ0v) is 12.4. The predicted octanol–water partition coefficient (Wildman–Crippen LogP) is 2.64. The first kappa shape index (κ1) is 15.4. The molecular formula is C18H11N3O3. The van der Waals surface area contributed by atoms with Crippen LogP contribution in [0.1, 0.15) is 31.1 Å². The van der Waals surface area contributed by atoms with Crippen LogP contribution in [0, 0.1) is 0 Å². The Morgan fingerprint density at radius 2 is 1.50 bits per heavy atom. The first-order chi connectivity index (χ1) is 11.8. The summed E-state index contributed by atoms with van der Waals surface area (Å²) in [7, 11) is 0. The SMILES string of the molecule is O=Cc1cnc(-c2ncccc2-c2ccccn2)c(C=O)c1C=O. The topological polar surface area (TPSA) is 89.9 Å². The Balaban J connectivity index is 2.30. The summed E-state index contributed by atoms with van der Waals surface area (Å²) >= 11 is 0. The van der Waals surface area contributed by atoms with Gasteiger partial charge in [0.25, 0.3) is 0 Å². The highest BCUT2D eigenvalue weighted by atomic mass is 16.1. The molecule has 0 unspecified atom stereocenters. The van der Waals surface area contributed by atoms with Crippen molar-refractivity contribution >= 4 is 18.9 Å². The van der Waals surface area contributed by atoms with E-state index >= 15 is 0 Å². The van der Waals surface area contributed by atoms with Crippen molar-refractivity contribution < 1.29 is 14.4 Å². The zero-order valence-electron chi connectivity index (χ0n) is 12.4. The van der Waals surface area contributed by atoms with Crippen LogP contribution < -0.4 is 0 Å². The second-order valence-corrected chi connectivity index (χ2v) is 4.86. The molecule has 0 aliphatic carbocycles. The highest BCUT2D eigenvalue weighted by Gasteiger charge is 2.19. The van der Waals surface area contributed by atoms with Crippen LogP contribution in [-0.2, 0) is 0 Å². The molecule has 6 heteroatoms. The molecule has 0 bridgehead atoms. The monoisotopic (exact) mass is 317 g/mol. The fraction of sp³-hybridized carbons (Fsp3) is 0. The van der Waals surface area contributed by atoms with Crippen molar-refractivity contribution in [1.82, 2.24) is 15.0 Å². The molecule has 0 saturated heterocycles. The lowest BCUT2D eigenvalue weighted by Gasteiger charge is -2.11. The van der Waals surface area contributed by atoms with Crippen molar-refractivity contribution in [2.75, 3.05) is 0 Å². The average molecular weight is 317 g/mol. The van der Waals surface area contributed by atoms with E-state index in [0.717, 1.165) is 0 Å². The van der Waals surface area contributed by atoms with Crippen molar-refractivity contribution in [1.29, 1.82) is 0 Å².